The summed E-state index contributed by atoms with van der Waals surface area (Å²) in [5, 5.41) is 47.4. The zero-order valence-corrected chi connectivity index (χ0v) is 31.0. The number of likely N-dealkylation sites (N-methyl/N-ethyl adjacent to an activating group) is 1. The van der Waals surface area contributed by atoms with E-state index in [2.05, 4.69) is 4.98 Å². The number of para-hydroxylation sites is 1. The molecule has 4 N–H and O–H groups in total. The lowest BCUT2D eigenvalue weighted by molar-refractivity contribution is -0.289. The van der Waals surface area contributed by atoms with Gasteiger partial charge in [-0.2, -0.15) is 0 Å². The molecule has 2 aromatic rings. The van der Waals surface area contributed by atoms with Crippen molar-refractivity contribution >= 4 is 22.8 Å². The summed E-state index contributed by atoms with van der Waals surface area (Å²) in [7, 11) is 1.82. The molecule has 2 aliphatic heterocycles. The van der Waals surface area contributed by atoms with Crippen molar-refractivity contribution in [2.75, 3.05) is 13.6 Å². The molecule has 0 saturated carbocycles. The number of benzene rings is 1. The van der Waals surface area contributed by atoms with Crippen LogP contribution in [0.1, 0.15) is 91.4 Å². The van der Waals surface area contributed by atoms with Gasteiger partial charge in [0.2, 0.25) is 0 Å². The highest BCUT2D eigenvalue weighted by molar-refractivity contribution is 5.93. The predicted molar refractivity (Wildman–Crippen MR) is 187 cm³/mol. The average Bonchev–Trinajstić information content (AvgIpc) is 3.07. The topological polar surface area (TPSA) is 168 Å². The highest BCUT2D eigenvalue weighted by Gasteiger charge is 2.49. The second-order valence-electron chi connectivity index (χ2n) is 15.3. The molecule has 2 aliphatic rings. The number of aliphatic hydroxyl groups is 4. The van der Waals surface area contributed by atoms with Gasteiger partial charge in [0.05, 0.1) is 40.9 Å². The minimum absolute atomic E-state index is 0.146. The van der Waals surface area contributed by atoms with Gasteiger partial charge in [0.15, 0.2) is 12.4 Å². The van der Waals surface area contributed by atoms with Crippen molar-refractivity contribution in [2.45, 2.75) is 141 Å². The fourth-order valence-electron chi connectivity index (χ4n) is 7.62. The maximum Gasteiger partial charge on any atom is 0.340 e. The SMILES string of the molecule is CC[C@H]1OC(=O)[C@H](C)[C@@H](O)[C@H](C)[C@@H](O[C@@H]2O[C@H](C)CC[C@H]2OC(=O)c2cnc3ccccc3c2)[C@](C)(O)C[C@@H](C)CN(C)[C@H](C)[C@@H](O)[C@]1(C)O. The molecule has 2 fully saturated rings. The lowest BCUT2D eigenvalue weighted by Crippen LogP contribution is -2.59. The van der Waals surface area contributed by atoms with Gasteiger partial charge >= 0.3 is 11.9 Å². The van der Waals surface area contributed by atoms with Crippen molar-refractivity contribution in [1.29, 1.82) is 0 Å². The zero-order chi connectivity index (χ0) is 37.1. The maximum absolute atomic E-state index is 13.5. The third-order valence-corrected chi connectivity index (χ3v) is 10.8. The number of hydrogen-bond acceptors (Lipinski definition) is 12. The molecule has 280 valence electrons. The molecule has 4 rings (SSSR count). The first-order chi connectivity index (χ1) is 23.4. The van der Waals surface area contributed by atoms with E-state index >= 15 is 0 Å². The van der Waals surface area contributed by atoms with E-state index < -0.39 is 77.8 Å². The monoisotopic (exact) mass is 702 g/mol. The summed E-state index contributed by atoms with van der Waals surface area (Å²) in [4.78, 5) is 33.2. The van der Waals surface area contributed by atoms with E-state index in [0.717, 1.165) is 10.9 Å². The van der Waals surface area contributed by atoms with Gasteiger partial charge in [-0.15, -0.1) is 0 Å². The van der Waals surface area contributed by atoms with Gasteiger partial charge < -0.3 is 44.3 Å². The summed E-state index contributed by atoms with van der Waals surface area (Å²) in [6, 6.07) is 8.64. The van der Waals surface area contributed by atoms with E-state index in [4.69, 9.17) is 18.9 Å². The van der Waals surface area contributed by atoms with E-state index in [1.807, 2.05) is 50.1 Å². The fourth-order valence-corrected chi connectivity index (χ4v) is 7.62. The number of hydrogen-bond donors (Lipinski definition) is 4. The van der Waals surface area contributed by atoms with Gasteiger partial charge in [0.1, 0.15) is 17.8 Å². The van der Waals surface area contributed by atoms with Crippen LogP contribution in [0, 0.1) is 17.8 Å². The molecule has 50 heavy (non-hydrogen) atoms. The zero-order valence-electron chi connectivity index (χ0n) is 31.0. The van der Waals surface area contributed by atoms with Crippen LogP contribution in [0.15, 0.2) is 36.5 Å². The van der Waals surface area contributed by atoms with E-state index in [1.165, 1.54) is 20.0 Å². The van der Waals surface area contributed by atoms with Crippen molar-refractivity contribution in [3.05, 3.63) is 42.1 Å². The molecule has 2 saturated heterocycles. The molecule has 0 aliphatic carbocycles. The lowest BCUT2D eigenvalue weighted by Gasteiger charge is -2.45. The smallest absolute Gasteiger partial charge is 0.340 e. The predicted octanol–water partition coefficient (Wildman–Crippen LogP) is 3.85. The van der Waals surface area contributed by atoms with Gasteiger partial charge in [-0.3, -0.25) is 9.78 Å². The lowest BCUT2D eigenvalue weighted by atomic mass is 9.78. The number of aromatic nitrogens is 1. The molecular formula is C38H58N2O10. The summed E-state index contributed by atoms with van der Waals surface area (Å²) in [6.07, 6.45) is -3.95. The number of rotatable bonds is 5. The molecule has 0 spiro atoms. The Hall–Kier alpha value is -2.71. The summed E-state index contributed by atoms with van der Waals surface area (Å²) < 4.78 is 24.6. The highest BCUT2D eigenvalue weighted by Crippen LogP contribution is 2.37. The normalized spacial score (nSPS) is 40.0. The van der Waals surface area contributed by atoms with Crippen molar-refractivity contribution in [1.82, 2.24) is 9.88 Å². The van der Waals surface area contributed by atoms with Crippen LogP contribution in [-0.2, 0) is 23.7 Å². The molecule has 0 radical (unpaired) electrons. The Morgan fingerprint density at radius 3 is 2.44 bits per heavy atom. The molecule has 13 atom stereocenters. The number of ether oxygens (including phenoxy) is 4. The van der Waals surface area contributed by atoms with E-state index in [9.17, 15) is 30.0 Å². The van der Waals surface area contributed by atoms with Crippen molar-refractivity contribution in [3.63, 3.8) is 0 Å². The second-order valence-corrected chi connectivity index (χ2v) is 15.3. The molecule has 1 aromatic carbocycles. The average molecular weight is 703 g/mol. The van der Waals surface area contributed by atoms with Crippen LogP contribution in [0.3, 0.4) is 0 Å². The molecule has 0 unspecified atom stereocenters. The molecule has 0 amide bonds. The Morgan fingerprint density at radius 2 is 1.76 bits per heavy atom. The molecular weight excluding hydrogens is 644 g/mol. The summed E-state index contributed by atoms with van der Waals surface area (Å²) in [5.41, 5.74) is -2.32. The number of carbonyl (C=O) groups is 2. The van der Waals surface area contributed by atoms with Gasteiger partial charge in [0, 0.05) is 30.1 Å². The number of cyclic esters (lactones) is 1. The van der Waals surface area contributed by atoms with Crippen LogP contribution in [-0.4, -0.2) is 116 Å². The first kappa shape index (κ1) is 40.1. The number of fused-ring (bicyclic) bond motifs is 1. The Morgan fingerprint density at radius 1 is 1.08 bits per heavy atom. The first-order valence-electron chi connectivity index (χ1n) is 18.0. The molecule has 12 nitrogen and oxygen atoms in total. The van der Waals surface area contributed by atoms with Crippen molar-refractivity contribution in [3.8, 4) is 0 Å². The highest BCUT2D eigenvalue weighted by atomic mass is 16.7. The Balaban J connectivity index is 1.65. The fraction of sp³-hybridized carbons (Fsp3) is 0.711. The quantitative estimate of drug-likeness (QED) is 0.333. The van der Waals surface area contributed by atoms with Crippen molar-refractivity contribution < 1.29 is 49.0 Å². The van der Waals surface area contributed by atoms with E-state index in [1.54, 1.807) is 33.8 Å². The summed E-state index contributed by atoms with van der Waals surface area (Å²) >= 11 is 0. The summed E-state index contributed by atoms with van der Waals surface area (Å²) in [6.45, 7) is 14.1. The van der Waals surface area contributed by atoms with Gasteiger partial charge in [-0.25, -0.2) is 4.79 Å². The molecule has 12 heteroatoms. The van der Waals surface area contributed by atoms with E-state index in [-0.39, 0.29) is 30.4 Å². The summed E-state index contributed by atoms with van der Waals surface area (Å²) in [5.74, 6) is -3.42. The van der Waals surface area contributed by atoms with Crippen LogP contribution in [0.5, 0.6) is 0 Å². The molecule has 1 aromatic heterocycles. The Kier molecular flexibility index (Phi) is 13.1. The Bertz CT molecular complexity index is 1450. The number of carbonyl (C=O) groups excluding carboxylic acids is 2. The van der Waals surface area contributed by atoms with Gasteiger partial charge in [-0.1, -0.05) is 39.0 Å². The standard InChI is InChI=1S/C38H58N2O10/c1-10-30-38(8,46)32(42)25(6)40(9)20-21(2)18-37(7,45)33(23(4)31(41)24(5)34(43)49-30)50-36-29(16-15-22(3)47-36)48-35(44)27-17-26-13-11-12-14-28(26)39-19-27/h11-14,17,19,21-25,29-33,36,41-42,45-46H,10,15-16,18,20H2,1-9H3/t21-,22-,23+,24-,25-,29-,30-,31+,32-,33-,36+,37-,38-/m1/s1. The second kappa shape index (κ2) is 16.3. The van der Waals surface area contributed by atoms with Crippen LogP contribution >= 0.6 is 0 Å². The largest absolute Gasteiger partial charge is 0.459 e. The number of nitrogens with zero attached hydrogens (tertiary/aromatic N) is 2. The first-order valence-corrected chi connectivity index (χ1v) is 18.0. The number of esters is 2. The molecule has 0 bridgehead atoms. The third kappa shape index (κ3) is 9.01. The van der Waals surface area contributed by atoms with Crippen LogP contribution in [0.2, 0.25) is 0 Å². The number of pyridine rings is 1. The van der Waals surface area contributed by atoms with Crippen LogP contribution < -0.4 is 0 Å². The van der Waals surface area contributed by atoms with E-state index in [0.29, 0.717) is 19.4 Å². The maximum atomic E-state index is 13.5. The van der Waals surface area contributed by atoms with Crippen LogP contribution in [0.25, 0.3) is 10.9 Å². The number of aliphatic hydroxyl groups excluding tert-OH is 2. The third-order valence-electron chi connectivity index (χ3n) is 10.8. The Labute approximate surface area is 296 Å². The van der Waals surface area contributed by atoms with Crippen LogP contribution in [0.4, 0.5) is 0 Å². The van der Waals surface area contributed by atoms with Gasteiger partial charge in [0.25, 0.3) is 0 Å². The minimum atomic E-state index is -1.78. The van der Waals surface area contributed by atoms with Gasteiger partial charge in [-0.05, 0) is 85.4 Å². The molecule has 3 heterocycles. The minimum Gasteiger partial charge on any atom is -0.459 e. The van der Waals surface area contributed by atoms with Crippen molar-refractivity contribution in [2.24, 2.45) is 17.8 Å².